The van der Waals surface area contributed by atoms with Gasteiger partial charge in [-0.05, 0) is 37.5 Å². The van der Waals surface area contributed by atoms with Crippen LogP contribution in [-0.2, 0) is 14.8 Å². The van der Waals surface area contributed by atoms with Crippen molar-refractivity contribution in [2.45, 2.75) is 37.6 Å². The second kappa shape index (κ2) is 4.70. The molecule has 5 nitrogen and oxygen atoms in total. The van der Waals surface area contributed by atoms with E-state index in [-0.39, 0.29) is 16.8 Å². The van der Waals surface area contributed by atoms with Crippen molar-refractivity contribution >= 4 is 21.6 Å². The average molecular weight is 268 g/mol. The maximum atomic E-state index is 12.1. The number of nitrogens with one attached hydrogen (secondary N) is 2. The van der Waals surface area contributed by atoms with Crippen LogP contribution >= 0.6 is 0 Å². The summed E-state index contributed by atoms with van der Waals surface area (Å²) in [6.07, 6.45) is 1.79. The van der Waals surface area contributed by atoms with Gasteiger partial charge in [-0.25, -0.2) is 13.1 Å². The molecular weight excluding hydrogens is 252 g/mol. The molecule has 6 heteroatoms. The topological polar surface area (TPSA) is 75.3 Å². The fourth-order valence-electron chi connectivity index (χ4n) is 1.65. The summed E-state index contributed by atoms with van der Waals surface area (Å²) in [5.41, 5.74) is 1.15. The normalized spacial score (nSPS) is 15.4. The number of carbonyl (C=O) groups is 1. The van der Waals surface area contributed by atoms with Gasteiger partial charge in [0.15, 0.2) is 0 Å². The number of hydrogen-bond acceptors (Lipinski definition) is 3. The van der Waals surface area contributed by atoms with E-state index < -0.39 is 10.0 Å². The van der Waals surface area contributed by atoms with E-state index in [0.717, 1.165) is 12.8 Å². The quantitative estimate of drug-likeness (QED) is 0.866. The monoisotopic (exact) mass is 268 g/mol. The highest BCUT2D eigenvalue weighted by atomic mass is 32.2. The second-order valence-electron chi connectivity index (χ2n) is 4.56. The molecule has 0 aliphatic heterocycles. The van der Waals surface area contributed by atoms with Crippen LogP contribution in [0.1, 0.15) is 25.3 Å². The van der Waals surface area contributed by atoms with Crippen LogP contribution in [0.5, 0.6) is 0 Å². The van der Waals surface area contributed by atoms with Crippen molar-refractivity contribution in [3.05, 3.63) is 23.8 Å². The first kappa shape index (κ1) is 13.0. The summed E-state index contributed by atoms with van der Waals surface area (Å²) in [5.74, 6) is -0.225. The third-order valence-electron chi connectivity index (χ3n) is 2.70. The number of anilines is 1. The summed E-state index contributed by atoms with van der Waals surface area (Å²) in [5, 5.41) is 2.58. The molecule has 98 valence electrons. The number of carbonyl (C=O) groups excluding carboxylic acids is 1. The standard InChI is InChI=1S/C12H16N2O3S/c1-8-3-4-11(13-9(2)15)7-12(8)18(16,17)14-10-5-6-10/h3-4,7,10,14H,5-6H2,1-2H3,(H,13,15). The number of benzene rings is 1. The first-order chi connectivity index (χ1) is 8.38. The number of hydrogen-bond donors (Lipinski definition) is 2. The van der Waals surface area contributed by atoms with Crippen LogP contribution in [0.25, 0.3) is 0 Å². The summed E-state index contributed by atoms with van der Waals surface area (Å²) in [6, 6.07) is 4.93. The van der Waals surface area contributed by atoms with Crippen LogP contribution in [0.4, 0.5) is 5.69 Å². The summed E-state index contributed by atoms with van der Waals surface area (Å²) in [7, 11) is -3.49. The summed E-state index contributed by atoms with van der Waals surface area (Å²) >= 11 is 0. The first-order valence-corrected chi connectivity index (χ1v) is 7.27. The van der Waals surface area contributed by atoms with Crippen molar-refractivity contribution in [1.82, 2.24) is 4.72 Å². The Morgan fingerprint density at radius 1 is 1.33 bits per heavy atom. The minimum atomic E-state index is -3.49. The van der Waals surface area contributed by atoms with Gasteiger partial charge in [-0.3, -0.25) is 4.79 Å². The fourth-order valence-corrected chi connectivity index (χ4v) is 3.23. The van der Waals surface area contributed by atoms with Gasteiger partial charge in [-0.1, -0.05) is 6.07 Å². The highest BCUT2D eigenvalue weighted by Crippen LogP contribution is 2.25. The molecule has 1 saturated carbocycles. The van der Waals surface area contributed by atoms with Gasteiger partial charge in [0.1, 0.15) is 0 Å². The Labute approximate surface area is 107 Å². The fraction of sp³-hybridized carbons (Fsp3) is 0.417. The van der Waals surface area contributed by atoms with Gasteiger partial charge in [-0.2, -0.15) is 0 Å². The Bertz CT molecular complexity index is 577. The molecule has 0 radical (unpaired) electrons. The molecule has 1 aliphatic carbocycles. The third kappa shape index (κ3) is 3.08. The third-order valence-corrected chi connectivity index (χ3v) is 4.36. The summed E-state index contributed by atoms with van der Waals surface area (Å²) in [6.45, 7) is 3.12. The predicted molar refractivity (Wildman–Crippen MR) is 68.8 cm³/mol. The highest BCUT2D eigenvalue weighted by molar-refractivity contribution is 7.89. The van der Waals surface area contributed by atoms with Crippen LogP contribution in [0.15, 0.2) is 23.1 Å². The van der Waals surface area contributed by atoms with E-state index in [4.69, 9.17) is 0 Å². The molecule has 18 heavy (non-hydrogen) atoms. The van der Waals surface area contributed by atoms with Crippen molar-refractivity contribution in [1.29, 1.82) is 0 Å². The molecule has 1 fully saturated rings. The largest absolute Gasteiger partial charge is 0.326 e. The van der Waals surface area contributed by atoms with Gasteiger partial charge in [0.2, 0.25) is 15.9 Å². The second-order valence-corrected chi connectivity index (χ2v) is 6.24. The van der Waals surface area contributed by atoms with Crippen LogP contribution in [0.2, 0.25) is 0 Å². The Hall–Kier alpha value is -1.40. The van der Waals surface area contributed by atoms with Crippen molar-refractivity contribution in [2.24, 2.45) is 0 Å². The molecule has 0 spiro atoms. The van der Waals surface area contributed by atoms with E-state index in [1.807, 2.05) is 0 Å². The molecule has 0 heterocycles. The highest BCUT2D eigenvalue weighted by Gasteiger charge is 2.28. The lowest BCUT2D eigenvalue weighted by Crippen LogP contribution is -2.26. The van der Waals surface area contributed by atoms with Gasteiger partial charge >= 0.3 is 0 Å². The number of aryl methyl sites for hydroxylation is 1. The maximum absolute atomic E-state index is 12.1. The van der Waals surface area contributed by atoms with E-state index in [1.54, 1.807) is 19.1 Å². The van der Waals surface area contributed by atoms with Gasteiger partial charge < -0.3 is 5.32 Å². The van der Waals surface area contributed by atoms with E-state index in [0.29, 0.717) is 11.3 Å². The number of sulfonamides is 1. The molecule has 0 saturated heterocycles. The smallest absolute Gasteiger partial charge is 0.241 e. The zero-order valence-corrected chi connectivity index (χ0v) is 11.2. The van der Waals surface area contributed by atoms with Crippen LogP contribution in [0.3, 0.4) is 0 Å². The molecule has 2 rings (SSSR count). The molecule has 0 unspecified atom stereocenters. The lowest BCUT2D eigenvalue weighted by atomic mass is 10.2. The molecule has 1 aliphatic rings. The summed E-state index contributed by atoms with van der Waals surface area (Å²) in [4.78, 5) is 11.2. The van der Waals surface area contributed by atoms with E-state index in [1.165, 1.54) is 13.0 Å². The van der Waals surface area contributed by atoms with E-state index in [2.05, 4.69) is 10.0 Å². The molecule has 0 atom stereocenters. The lowest BCUT2D eigenvalue weighted by Gasteiger charge is -2.10. The van der Waals surface area contributed by atoms with Crippen molar-refractivity contribution in [3.8, 4) is 0 Å². The minimum Gasteiger partial charge on any atom is -0.326 e. The molecular formula is C12H16N2O3S. The average Bonchev–Trinajstić information content (AvgIpc) is 3.03. The number of rotatable bonds is 4. The Morgan fingerprint density at radius 3 is 2.56 bits per heavy atom. The Morgan fingerprint density at radius 2 is 2.00 bits per heavy atom. The molecule has 1 aromatic carbocycles. The Balaban J connectivity index is 2.32. The molecule has 2 N–H and O–H groups in total. The van der Waals surface area contributed by atoms with Gasteiger partial charge in [-0.15, -0.1) is 0 Å². The van der Waals surface area contributed by atoms with E-state index >= 15 is 0 Å². The predicted octanol–water partition coefficient (Wildman–Crippen LogP) is 1.39. The molecule has 0 aromatic heterocycles. The lowest BCUT2D eigenvalue weighted by molar-refractivity contribution is -0.114. The van der Waals surface area contributed by atoms with Crippen LogP contribution < -0.4 is 10.0 Å². The van der Waals surface area contributed by atoms with Gasteiger partial charge in [0.05, 0.1) is 4.90 Å². The van der Waals surface area contributed by atoms with Crippen molar-refractivity contribution < 1.29 is 13.2 Å². The van der Waals surface area contributed by atoms with Gasteiger partial charge in [0, 0.05) is 18.7 Å². The van der Waals surface area contributed by atoms with E-state index in [9.17, 15) is 13.2 Å². The number of amides is 1. The SMILES string of the molecule is CC(=O)Nc1ccc(C)c(S(=O)(=O)NC2CC2)c1. The maximum Gasteiger partial charge on any atom is 0.241 e. The van der Waals surface area contributed by atoms with Crippen LogP contribution in [0, 0.1) is 6.92 Å². The molecule has 0 bridgehead atoms. The summed E-state index contributed by atoms with van der Waals surface area (Å²) < 4.78 is 26.9. The minimum absolute atomic E-state index is 0.0684. The Kier molecular flexibility index (Phi) is 3.41. The van der Waals surface area contributed by atoms with Crippen molar-refractivity contribution in [2.75, 3.05) is 5.32 Å². The molecule has 1 aromatic rings. The zero-order valence-electron chi connectivity index (χ0n) is 10.4. The first-order valence-electron chi connectivity index (χ1n) is 5.79. The van der Waals surface area contributed by atoms with Gasteiger partial charge in [0.25, 0.3) is 0 Å². The molecule has 1 amide bonds. The van der Waals surface area contributed by atoms with Crippen LogP contribution in [-0.4, -0.2) is 20.4 Å². The van der Waals surface area contributed by atoms with Crippen molar-refractivity contribution in [3.63, 3.8) is 0 Å². The zero-order chi connectivity index (χ0) is 13.3.